The van der Waals surface area contributed by atoms with Crippen LogP contribution in [0.25, 0.3) is 10.9 Å². The van der Waals surface area contributed by atoms with Gasteiger partial charge in [-0.2, -0.15) is 0 Å². The van der Waals surface area contributed by atoms with E-state index in [1.54, 1.807) is 0 Å². The summed E-state index contributed by atoms with van der Waals surface area (Å²) in [6, 6.07) is 37.5. The van der Waals surface area contributed by atoms with Crippen molar-refractivity contribution in [1.29, 1.82) is 0 Å². The van der Waals surface area contributed by atoms with Crippen LogP contribution in [0.2, 0.25) is 19.6 Å². The second kappa shape index (κ2) is 7.88. The molecule has 1 heterocycles. The summed E-state index contributed by atoms with van der Waals surface area (Å²) in [7, 11) is -4.64. The third-order valence-electron chi connectivity index (χ3n) is 6.25. The number of benzene rings is 4. The van der Waals surface area contributed by atoms with Crippen LogP contribution in [0.4, 0.5) is 0 Å². The Balaban J connectivity index is 1.93. The lowest BCUT2D eigenvalue weighted by Gasteiger charge is -2.22. The second-order valence-electron chi connectivity index (χ2n) is 9.38. The van der Waals surface area contributed by atoms with Crippen LogP contribution in [-0.2, 0) is 4.57 Å². The van der Waals surface area contributed by atoms with E-state index in [0.29, 0.717) is 0 Å². The fraction of sp³-hybridized carbons (Fsp3) is 0.103. The molecule has 0 bridgehead atoms. The smallest absolute Gasteiger partial charge is 0.172 e. The van der Waals surface area contributed by atoms with Gasteiger partial charge in [-0.15, -0.1) is 0 Å². The Kier molecular flexibility index (Phi) is 5.16. The fourth-order valence-electron chi connectivity index (χ4n) is 4.60. The van der Waals surface area contributed by atoms with E-state index in [4.69, 9.17) is 0 Å². The van der Waals surface area contributed by atoms with Crippen molar-refractivity contribution in [1.82, 2.24) is 0 Å². The third-order valence-corrected chi connectivity index (χ3v) is 11.5. The van der Waals surface area contributed by atoms with E-state index in [1.807, 2.05) is 54.6 Å². The highest BCUT2D eigenvalue weighted by Crippen LogP contribution is 2.65. The van der Waals surface area contributed by atoms with E-state index >= 15 is 4.57 Å². The molecule has 0 spiro atoms. The molecule has 0 saturated heterocycles. The zero-order valence-corrected chi connectivity index (χ0v) is 20.6. The topological polar surface area (TPSA) is 17.1 Å². The summed E-state index contributed by atoms with van der Waals surface area (Å²) >= 11 is 0. The minimum atomic E-state index is -3.06. The highest BCUT2D eigenvalue weighted by Gasteiger charge is 2.43. The van der Waals surface area contributed by atoms with Gasteiger partial charge in [0.15, 0.2) is 7.14 Å². The maximum Gasteiger partial charge on any atom is 0.172 e. The van der Waals surface area contributed by atoms with Crippen LogP contribution in [0, 0.1) is 0 Å². The van der Waals surface area contributed by atoms with Crippen LogP contribution in [0.15, 0.2) is 109 Å². The molecule has 158 valence electrons. The summed E-state index contributed by atoms with van der Waals surface area (Å²) in [5.41, 5.74) is 4.34. The Morgan fingerprint density at radius 2 is 1.16 bits per heavy atom. The van der Waals surface area contributed by atoms with E-state index in [-0.39, 0.29) is 0 Å². The summed E-state index contributed by atoms with van der Waals surface area (Å²) in [5, 5.41) is 4.19. The van der Waals surface area contributed by atoms with Gasteiger partial charge in [0.25, 0.3) is 0 Å². The largest absolute Gasteiger partial charge is 0.309 e. The Hall–Kier alpha value is -2.93. The van der Waals surface area contributed by atoms with Crippen molar-refractivity contribution in [2.45, 2.75) is 19.6 Å². The summed E-state index contributed by atoms with van der Waals surface area (Å²) < 4.78 is 15.4. The zero-order valence-electron chi connectivity index (χ0n) is 18.7. The molecule has 0 aliphatic carbocycles. The average Bonchev–Trinajstić information content (AvgIpc) is 3.09. The standard InChI is InChI=1S/C29H27OPSi/c1-32(2,3)25-19-20-26-27(21-25)31(30,24-17-11-6-12-18-24)29(23-15-9-5-10-16-23)28(26)22-13-7-4-8-14-22/h4-21H,1-3H3. The van der Waals surface area contributed by atoms with Gasteiger partial charge in [0, 0.05) is 21.5 Å². The first-order chi connectivity index (χ1) is 15.4. The minimum absolute atomic E-state index is 0.902. The van der Waals surface area contributed by atoms with Crippen molar-refractivity contribution in [3.8, 4) is 0 Å². The first-order valence-electron chi connectivity index (χ1n) is 11.1. The summed E-state index contributed by atoms with van der Waals surface area (Å²) in [6.45, 7) is 7.04. The Bertz CT molecular complexity index is 1350. The van der Waals surface area contributed by atoms with Gasteiger partial charge in [-0.1, -0.05) is 134 Å². The van der Waals surface area contributed by atoms with E-state index in [1.165, 1.54) is 5.19 Å². The van der Waals surface area contributed by atoms with Gasteiger partial charge in [-0.05, 0) is 16.7 Å². The molecule has 0 saturated carbocycles. The average molecular weight is 451 g/mol. The summed E-state index contributed by atoms with van der Waals surface area (Å²) in [4.78, 5) is 0. The monoisotopic (exact) mass is 450 g/mol. The normalized spacial score (nSPS) is 18.0. The quantitative estimate of drug-likeness (QED) is 0.257. The van der Waals surface area contributed by atoms with Crippen LogP contribution < -0.4 is 15.8 Å². The van der Waals surface area contributed by atoms with Crippen molar-refractivity contribution < 1.29 is 4.57 Å². The van der Waals surface area contributed by atoms with Gasteiger partial charge in [-0.3, -0.25) is 0 Å². The summed E-state index contributed by atoms with van der Waals surface area (Å²) in [6.07, 6.45) is 0. The van der Waals surface area contributed by atoms with Gasteiger partial charge < -0.3 is 4.57 Å². The van der Waals surface area contributed by atoms with Crippen molar-refractivity contribution in [2.24, 2.45) is 0 Å². The molecular weight excluding hydrogens is 423 g/mol. The molecule has 4 aromatic carbocycles. The van der Waals surface area contributed by atoms with Crippen LogP contribution in [-0.4, -0.2) is 8.07 Å². The molecule has 1 nitrogen and oxygen atoms in total. The lowest BCUT2D eigenvalue weighted by Crippen LogP contribution is -2.39. The summed E-state index contributed by atoms with van der Waals surface area (Å²) in [5.74, 6) is 0. The number of fused-ring (bicyclic) bond motifs is 1. The second-order valence-corrected chi connectivity index (χ2v) is 17.1. The Labute approximate surface area is 191 Å². The maximum absolute atomic E-state index is 15.4. The molecule has 1 unspecified atom stereocenters. The molecule has 3 heteroatoms. The van der Waals surface area contributed by atoms with Gasteiger partial charge in [-0.25, -0.2) is 0 Å². The van der Waals surface area contributed by atoms with Crippen LogP contribution in [0.1, 0.15) is 16.7 Å². The molecule has 0 amide bonds. The first-order valence-corrected chi connectivity index (χ1v) is 16.3. The van der Waals surface area contributed by atoms with Crippen molar-refractivity contribution in [2.75, 3.05) is 0 Å². The van der Waals surface area contributed by atoms with Gasteiger partial charge in [0.2, 0.25) is 0 Å². The van der Waals surface area contributed by atoms with Crippen LogP contribution in [0.5, 0.6) is 0 Å². The molecule has 1 aliphatic heterocycles. The molecule has 0 radical (unpaired) electrons. The van der Waals surface area contributed by atoms with E-state index in [2.05, 4.69) is 74.2 Å². The Morgan fingerprint density at radius 3 is 1.72 bits per heavy atom. The predicted octanol–water partition coefficient (Wildman–Crippen LogP) is 6.48. The van der Waals surface area contributed by atoms with Gasteiger partial charge in [0.05, 0.1) is 8.07 Å². The van der Waals surface area contributed by atoms with Crippen molar-refractivity contribution in [3.63, 3.8) is 0 Å². The zero-order chi connectivity index (χ0) is 22.3. The number of hydrogen-bond acceptors (Lipinski definition) is 1. The van der Waals surface area contributed by atoms with Crippen LogP contribution in [0.3, 0.4) is 0 Å². The lowest BCUT2D eigenvalue weighted by molar-refractivity contribution is 0.593. The van der Waals surface area contributed by atoms with Crippen LogP contribution >= 0.6 is 7.14 Å². The molecular formula is C29H27OPSi. The third kappa shape index (κ3) is 3.35. The number of hydrogen-bond donors (Lipinski definition) is 0. The van der Waals surface area contributed by atoms with Gasteiger partial charge >= 0.3 is 0 Å². The lowest BCUT2D eigenvalue weighted by atomic mass is 9.96. The fourth-order valence-corrected chi connectivity index (χ4v) is 9.18. The first kappa shape index (κ1) is 20.9. The number of rotatable bonds is 4. The maximum atomic E-state index is 15.4. The highest BCUT2D eigenvalue weighted by molar-refractivity contribution is 7.88. The Morgan fingerprint density at radius 1 is 0.625 bits per heavy atom. The van der Waals surface area contributed by atoms with E-state index < -0.39 is 15.2 Å². The predicted molar refractivity (Wildman–Crippen MR) is 142 cm³/mol. The molecule has 0 fully saturated rings. The molecule has 0 N–H and O–H groups in total. The SMILES string of the molecule is C[Si](C)(C)c1ccc2c(c1)P(=O)(c1ccccc1)C(c1ccccc1)=C2c1ccccc1. The minimum Gasteiger partial charge on any atom is -0.309 e. The van der Waals surface area contributed by atoms with Gasteiger partial charge in [0.1, 0.15) is 0 Å². The molecule has 4 aromatic rings. The molecule has 5 rings (SSSR count). The van der Waals surface area contributed by atoms with E-state index in [9.17, 15) is 0 Å². The molecule has 32 heavy (non-hydrogen) atoms. The van der Waals surface area contributed by atoms with E-state index in [0.717, 1.165) is 38.2 Å². The molecule has 0 aromatic heterocycles. The highest BCUT2D eigenvalue weighted by atomic mass is 31.2. The molecule has 1 aliphatic rings. The molecule has 1 atom stereocenters. The van der Waals surface area contributed by atoms with Crippen molar-refractivity contribution in [3.05, 3.63) is 126 Å². The van der Waals surface area contributed by atoms with Crippen molar-refractivity contribution >= 4 is 41.9 Å².